The molecule has 1 aliphatic carbocycles. The molecule has 150 valence electrons. The minimum absolute atomic E-state index is 0.0441. The van der Waals surface area contributed by atoms with E-state index in [2.05, 4.69) is 0 Å². The molecule has 1 fully saturated rings. The number of ketones is 1. The fraction of sp³-hybridized carbons (Fsp3) is 0.160. The van der Waals surface area contributed by atoms with Crippen LogP contribution in [0.2, 0.25) is 0 Å². The fourth-order valence-corrected chi connectivity index (χ4v) is 3.37. The number of ether oxygens (including phenoxy) is 1. The highest BCUT2D eigenvalue weighted by Gasteiger charge is 2.53. The van der Waals surface area contributed by atoms with Crippen LogP contribution < -0.4 is 5.73 Å². The lowest BCUT2D eigenvalue weighted by Crippen LogP contribution is -2.35. The van der Waals surface area contributed by atoms with Gasteiger partial charge >= 0.3 is 5.97 Å². The number of amides is 1. The molecule has 1 saturated carbocycles. The number of aryl methyl sites for hydroxylation is 1. The fourth-order valence-electron chi connectivity index (χ4n) is 3.37. The van der Waals surface area contributed by atoms with Gasteiger partial charge in [0.05, 0.1) is 5.56 Å². The number of nitrogens with two attached hydrogens (primary N) is 1. The standard InChI is InChI=1S/C25H21NO4/c1-16-7-8-20(23(28)30-25(13-14-25)24(26)29)15-21(16)17-9-11-19(12-10-17)22(27)18-5-3-2-4-6-18/h2-12,15H,13-14H2,1H3,(H2,26,29). The zero-order chi connectivity index (χ0) is 21.3. The molecule has 3 aromatic rings. The van der Waals surface area contributed by atoms with Gasteiger partial charge in [-0.25, -0.2) is 4.79 Å². The molecule has 0 heterocycles. The van der Waals surface area contributed by atoms with Gasteiger partial charge in [-0.15, -0.1) is 0 Å². The van der Waals surface area contributed by atoms with Crippen molar-refractivity contribution in [3.05, 3.63) is 95.1 Å². The second kappa shape index (κ2) is 7.59. The summed E-state index contributed by atoms with van der Waals surface area (Å²) in [7, 11) is 0. The summed E-state index contributed by atoms with van der Waals surface area (Å²) in [5, 5.41) is 0. The molecule has 0 unspecified atom stereocenters. The third-order valence-electron chi connectivity index (χ3n) is 5.41. The summed E-state index contributed by atoms with van der Waals surface area (Å²) in [6.45, 7) is 1.94. The van der Waals surface area contributed by atoms with Gasteiger partial charge in [-0.1, -0.05) is 60.7 Å². The maximum atomic E-state index is 12.6. The van der Waals surface area contributed by atoms with Crippen LogP contribution in [-0.4, -0.2) is 23.3 Å². The predicted molar refractivity (Wildman–Crippen MR) is 113 cm³/mol. The van der Waals surface area contributed by atoms with Crippen LogP contribution in [0.5, 0.6) is 0 Å². The van der Waals surface area contributed by atoms with Crippen molar-refractivity contribution >= 4 is 17.7 Å². The molecule has 0 spiro atoms. The molecule has 1 amide bonds. The second-order valence-electron chi connectivity index (χ2n) is 7.55. The van der Waals surface area contributed by atoms with Gasteiger partial charge in [0.2, 0.25) is 0 Å². The van der Waals surface area contributed by atoms with E-state index in [0.717, 1.165) is 16.7 Å². The van der Waals surface area contributed by atoms with Gasteiger partial charge in [0.25, 0.3) is 5.91 Å². The molecule has 0 aliphatic heterocycles. The summed E-state index contributed by atoms with van der Waals surface area (Å²) in [4.78, 5) is 36.6. The molecule has 2 N–H and O–H groups in total. The Kier molecular flexibility index (Phi) is 4.96. The van der Waals surface area contributed by atoms with Crippen LogP contribution in [0.4, 0.5) is 0 Å². The SMILES string of the molecule is Cc1ccc(C(=O)OC2(C(N)=O)CC2)cc1-c1ccc(C(=O)c2ccccc2)cc1. The van der Waals surface area contributed by atoms with Gasteiger partial charge in [0.15, 0.2) is 11.4 Å². The van der Waals surface area contributed by atoms with E-state index in [-0.39, 0.29) is 5.78 Å². The van der Waals surface area contributed by atoms with Crippen molar-refractivity contribution in [3.63, 3.8) is 0 Å². The third-order valence-corrected chi connectivity index (χ3v) is 5.41. The van der Waals surface area contributed by atoms with Crippen LogP contribution in [0.3, 0.4) is 0 Å². The average Bonchev–Trinajstić information content (AvgIpc) is 3.55. The molecule has 4 rings (SSSR count). The molecule has 0 radical (unpaired) electrons. The summed E-state index contributed by atoms with van der Waals surface area (Å²) in [5.41, 5.74) is 8.48. The Morgan fingerprint density at radius 1 is 0.833 bits per heavy atom. The van der Waals surface area contributed by atoms with Crippen molar-refractivity contribution in [2.24, 2.45) is 5.73 Å². The molecule has 30 heavy (non-hydrogen) atoms. The quantitative estimate of drug-likeness (QED) is 0.500. The number of esters is 1. The Morgan fingerprint density at radius 3 is 2.03 bits per heavy atom. The van der Waals surface area contributed by atoms with E-state index in [9.17, 15) is 14.4 Å². The molecular formula is C25H21NO4. The van der Waals surface area contributed by atoms with Crippen molar-refractivity contribution in [1.29, 1.82) is 0 Å². The lowest BCUT2D eigenvalue weighted by molar-refractivity contribution is -0.128. The van der Waals surface area contributed by atoms with Crippen molar-refractivity contribution in [3.8, 4) is 11.1 Å². The molecular weight excluding hydrogens is 378 g/mol. The number of benzene rings is 3. The molecule has 1 aliphatic rings. The monoisotopic (exact) mass is 399 g/mol. The van der Waals surface area contributed by atoms with E-state index < -0.39 is 17.5 Å². The minimum Gasteiger partial charge on any atom is -0.445 e. The van der Waals surface area contributed by atoms with Crippen LogP contribution in [-0.2, 0) is 9.53 Å². The summed E-state index contributed by atoms with van der Waals surface area (Å²) < 4.78 is 5.37. The van der Waals surface area contributed by atoms with Crippen molar-refractivity contribution in [1.82, 2.24) is 0 Å². The summed E-state index contributed by atoms with van der Waals surface area (Å²) >= 11 is 0. The molecule has 0 atom stereocenters. The highest BCUT2D eigenvalue weighted by atomic mass is 16.6. The van der Waals surface area contributed by atoms with Gasteiger partial charge in [-0.2, -0.15) is 0 Å². The summed E-state index contributed by atoms with van der Waals surface area (Å²) in [5.74, 6) is -1.22. The van der Waals surface area contributed by atoms with Gasteiger partial charge in [0.1, 0.15) is 0 Å². The molecule has 0 bridgehead atoms. The first kappa shape index (κ1) is 19.6. The summed E-state index contributed by atoms with van der Waals surface area (Å²) in [6, 6.07) is 21.6. The zero-order valence-electron chi connectivity index (χ0n) is 16.6. The predicted octanol–water partition coefficient (Wildman–Crippen LogP) is 4.07. The van der Waals surface area contributed by atoms with E-state index in [1.54, 1.807) is 36.4 Å². The maximum Gasteiger partial charge on any atom is 0.339 e. The molecule has 0 saturated heterocycles. The Labute approximate surface area is 174 Å². The molecule has 5 heteroatoms. The zero-order valence-corrected chi connectivity index (χ0v) is 16.6. The lowest BCUT2D eigenvalue weighted by Gasteiger charge is -2.14. The Morgan fingerprint density at radius 2 is 1.43 bits per heavy atom. The largest absolute Gasteiger partial charge is 0.445 e. The molecule has 3 aromatic carbocycles. The topological polar surface area (TPSA) is 86.5 Å². The molecule has 0 aromatic heterocycles. The smallest absolute Gasteiger partial charge is 0.339 e. The van der Waals surface area contributed by atoms with Gasteiger partial charge < -0.3 is 10.5 Å². The number of primary amides is 1. The van der Waals surface area contributed by atoms with Gasteiger partial charge in [-0.05, 0) is 35.7 Å². The van der Waals surface area contributed by atoms with Crippen molar-refractivity contribution in [2.75, 3.05) is 0 Å². The maximum absolute atomic E-state index is 12.6. The average molecular weight is 399 g/mol. The van der Waals surface area contributed by atoms with Crippen LogP contribution >= 0.6 is 0 Å². The Balaban J connectivity index is 1.58. The van der Waals surface area contributed by atoms with E-state index in [0.29, 0.717) is 29.5 Å². The minimum atomic E-state index is -1.15. The Bertz CT molecular complexity index is 1130. The normalized spacial score (nSPS) is 14.0. The van der Waals surface area contributed by atoms with Crippen LogP contribution in [0.25, 0.3) is 11.1 Å². The second-order valence-corrected chi connectivity index (χ2v) is 7.55. The van der Waals surface area contributed by atoms with E-state index in [1.165, 1.54) is 0 Å². The van der Waals surface area contributed by atoms with Crippen molar-refractivity contribution < 1.29 is 19.1 Å². The lowest BCUT2D eigenvalue weighted by atomic mass is 9.95. The van der Waals surface area contributed by atoms with E-state index >= 15 is 0 Å². The van der Waals surface area contributed by atoms with Crippen molar-refractivity contribution in [2.45, 2.75) is 25.4 Å². The van der Waals surface area contributed by atoms with Crippen LogP contribution in [0.15, 0.2) is 72.8 Å². The molecule has 5 nitrogen and oxygen atoms in total. The number of carbonyl (C=O) groups excluding carboxylic acids is 3. The van der Waals surface area contributed by atoms with Crippen LogP contribution in [0.1, 0.15) is 44.7 Å². The highest BCUT2D eigenvalue weighted by Crippen LogP contribution is 2.40. The first-order valence-electron chi connectivity index (χ1n) is 9.74. The number of rotatable bonds is 6. The highest BCUT2D eigenvalue weighted by molar-refractivity contribution is 6.09. The Hall–Kier alpha value is -3.73. The van der Waals surface area contributed by atoms with E-state index in [4.69, 9.17) is 10.5 Å². The number of hydrogen-bond donors (Lipinski definition) is 1. The number of carbonyl (C=O) groups is 3. The first-order valence-corrected chi connectivity index (χ1v) is 9.74. The number of hydrogen-bond acceptors (Lipinski definition) is 4. The third kappa shape index (κ3) is 3.74. The van der Waals surface area contributed by atoms with E-state index in [1.807, 2.05) is 43.3 Å². The van der Waals surface area contributed by atoms with Gasteiger partial charge in [-0.3, -0.25) is 9.59 Å². The van der Waals surface area contributed by atoms with Gasteiger partial charge in [0, 0.05) is 24.0 Å². The van der Waals surface area contributed by atoms with Crippen LogP contribution in [0, 0.1) is 6.92 Å². The summed E-state index contributed by atoms with van der Waals surface area (Å²) in [6.07, 6.45) is 0.924. The first-order chi connectivity index (χ1) is 14.4.